The molecule has 1 aliphatic heterocycles. The zero-order valence-electron chi connectivity index (χ0n) is 46.9. The number of hydrogen-bond donors (Lipinski definition) is 1. The van der Waals surface area contributed by atoms with Crippen molar-refractivity contribution in [3.05, 3.63) is 184 Å². The molecule has 5 heteroatoms. The van der Waals surface area contributed by atoms with Gasteiger partial charge in [0.2, 0.25) is 0 Å². The summed E-state index contributed by atoms with van der Waals surface area (Å²) in [5.41, 5.74) is 20.3. The summed E-state index contributed by atoms with van der Waals surface area (Å²) in [6, 6.07) is 51.7. The minimum absolute atomic E-state index is 0.00136. The number of benzene rings is 7. The van der Waals surface area contributed by atoms with Crippen molar-refractivity contribution in [1.82, 2.24) is 9.55 Å². The lowest BCUT2D eigenvalue weighted by atomic mass is 9.81. The summed E-state index contributed by atoms with van der Waals surface area (Å²) in [6.45, 7) is 39.4. The van der Waals surface area contributed by atoms with E-state index >= 15 is 0 Å². The first-order chi connectivity index (χ1) is 34.4. The molecule has 1 unspecified atom stereocenters. The van der Waals surface area contributed by atoms with E-state index in [2.05, 4.69) is 272 Å². The molecular formula is C68H80N4O. The van der Waals surface area contributed by atoms with Gasteiger partial charge in [0.05, 0.1) is 33.8 Å². The molecule has 0 spiro atoms. The summed E-state index contributed by atoms with van der Waals surface area (Å²) < 4.78 is 9.79. The standard InChI is InChI=1S/C68H80N4O/c1-41(2)54-35-46(45-25-19-18-20-26-45)36-55(42(3)4)62(54)71-60-29-23-21-27-58(60)69-64(71)47-31-49(66(9,10)11)37-52(33-47)73-53-34-48(32-50(38-53)67(12,13)14)65-70-59-28-22-24-30-61(59)72(65)63-56(43(5)6)39-51(68(15,16)17)40-57(63)44(7)8/h18-44,64,69H,1-17H3. The van der Waals surface area contributed by atoms with Crippen molar-refractivity contribution in [2.45, 2.75) is 164 Å². The molecule has 1 N–H and O–H groups in total. The van der Waals surface area contributed by atoms with Gasteiger partial charge in [-0.15, -0.1) is 0 Å². The van der Waals surface area contributed by atoms with E-state index in [0.29, 0.717) is 0 Å². The zero-order valence-corrected chi connectivity index (χ0v) is 46.9. The molecule has 1 aromatic heterocycles. The number of imidazole rings is 1. The Bertz CT molecular complexity index is 3250. The molecule has 0 amide bonds. The molecule has 8 aromatic rings. The van der Waals surface area contributed by atoms with Gasteiger partial charge in [-0.05, 0) is 162 Å². The maximum absolute atomic E-state index is 7.33. The third-order valence-electron chi connectivity index (χ3n) is 14.9. The number of fused-ring (bicyclic) bond motifs is 2. The predicted octanol–water partition coefficient (Wildman–Crippen LogP) is 19.8. The maximum Gasteiger partial charge on any atom is 0.145 e. The van der Waals surface area contributed by atoms with Gasteiger partial charge in [-0.1, -0.05) is 190 Å². The van der Waals surface area contributed by atoms with Crippen molar-refractivity contribution in [1.29, 1.82) is 0 Å². The summed E-state index contributed by atoms with van der Waals surface area (Å²) in [5.74, 6) is 3.63. The first-order valence-electron chi connectivity index (χ1n) is 26.9. The largest absolute Gasteiger partial charge is 0.457 e. The average molecular weight is 969 g/mol. The van der Waals surface area contributed by atoms with Gasteiger partial charge >= 0.3 is 0 Å². The lowest BCUT2D eigenvalue weighted by molar-refractivity contribution is 0.473. The first kappa shape index (κ1) is 51.3. The Labute approximate surface area is 438 Å². The number of nitrogens with zero attached hydrogens (tertiary/aromatic N) is 3. The quantitative estimate of drug-likeness (QED) is 0.140. The Morgan fingerprint density at radius 1 is 0.466 bits per heavy atom. The molecule has 0 bridgehead atoms. The fourth-order valence-corrected chi connectivity index (χ4v) is 10.6. The van der Waals surface area contributed by atoms with Crippen molar-refractivity contribution in [2.75, 3.05) is 10.2 Å². The topological polar surface area (TPSA) is 42.3 Å². The highest BCUT2D eigenvalue weighted by Gasteiger charge is 2.36. The molecule has 0 aliphatic carbocycles. The van der Waals surface area contributed by atoms with Gasteiger partial charge in [0.25, 0.3) is 0 Å². The first-order valence-corrected chi connectivity index (χ1v) is 26.9. The third kappa shape index (κ3) is 10.1. The van der Waals surface area contributed by atoms with Gasteiger partial charge in [-0.25, -0.2) is 4.98 Å². The molecule has 0 fully saturated rings. The fraction of sp³-hybridized carbons (Fsp3) is 0.368. The molecule has 73 heavy (non-hydrogen) atoms. The summed E-state index contributed by atoms with van der Waals surface area (Å²) in [4.78, 5) is 8.10. The second-order valence-corrected chi connectivity index (χ2v) is 25.1. The van der Waals surface area contributed by atoms with E-state index in [4.69, 9.17) is 9.72 Å². The summed E-state index contributed by atoms with van der Waals surface area (Å²) in [5, 5.41) is 4.04. The van der Waals surface area contributed by atoms with E-state index < -0.39 is 0 Å². The maximum atomic E-state index is 7.33. The SMILES string of the molecule is CC(C)c1cc(-c2ccccc2)cc(C(C)C)c1N1c2ccccc2NC1c1cc(Oc2cc(-c3nc4ccccc4n3-c3c(C(C)C)cc(C(C)(C)C)cc3C(C)C)cc(C(C)(C)C)c2)cc(C(C)(C)C)c1. The molecule has 0 radical (unpaired) electrons. The van der Waals surface area contributed by atoms with E-state index in [-0.39, 0.29) is 46.1 Å². The van der Waals surface area contributed by atoms with E-state index in [1.807, 2.05) is 0 Å². The summed E-state index contributed by atoms with van der Waals surface area (Å²) in [6.07, 6.45) is -0.203. The molecule has 0 saturated carbocycles. The number of para-hydroxylation sites is 4. The molecule has 9 rings (SSSR count). The van der Waals surface area contributed by atoms with E-state index in [9.17, 15) is 0 Å². The number of rotatable bonds is 11. The van der Waals surface area contributed by atoms with Crippen LogP contribution in [0, 0.1) is 0 Å². The number of anilines is 3. The number of hydrogen-bond acceptors (Lipinski definition) is 4. The van der Waals surface area contributed by atoms with Crippen LogP contribution >= 0.6 is 0 Å². The van der Waals surface area contributed by atoms with Crippen LogP contribution in [0.5, 0.6) is 11.5 Å². The highest BCUT2D eigenvalue weighted by atomic mass is 16.5. The van der Waals surface area contributed by atoms with Crippen molar-refractivity contribution in [3.8, 4) is 39.7 Å². The van der Waals surface area contributed by atoms with Gasteiger partial charge in [0.1, 0.15) is 23.5 Å². The minimum Gasteiger partial charge on any atom is -0.457 e. The highest BCUT2D eigenvalue weighted by molar-refractivity contribution is 5.88. The van der Waals surface area contributed by atoms with Gasteiger partial charge in [-0.2, -0.15) is 0 Å². The Kier molecular flexibility index (Phi) is 13.6. The van der Waals surface area contributed by atoms with Crippen LogP contribution in [-0.2, 0) is 16.2 Å². The van der Waals surface area contributed by atoms with Gasteiger partial charge in [0.15, 0.2) is 0 Å². The molecular weight excluding hydrogens is 889 g/mol. The lowest BCUT2D eigenvalue weighted by Crippen LogP contribution is -2.27. The summed E-state index contributed by atoms with van der Waals surface area (Å²) in [7, 11) is 0. The lowest BCUT2D eigenvalue weighted by Gasteiger charge is -2.34. The summed E-state index contributed by atoms with van der Waals surface area (Å²) >= 11 is 0. The normalized spacial score (nSPS) is 14.3. The van der Waals surface area contributed by atoms with Crippen molar-refractivity contribution in [3.63, 3.8) is 0 Å². The zero-order chi connectivity index (χ0) is 52.5. The van der Waals surface area contributed by atoms with Crippen LogP contribution in [0.25, 0.3) is 39.2 Å². The van der Waals surface area contributed by atoms with Crippen LogP contribution in [0.4, 0.5) is 17.1 Å². The molecule has 7 aromatic carbocycles. The van der Waals surface area contributed by atoms with Gasteiger partial charge < -0.3 is 15.0 Å². The van der Waals surface area contributed by atoms with E-state index in [0.717, 1.165) is 45.2 Å². The van der Waals surface area contributed by atoms with Crippen LogP contribution in [0.1, 0.15) is 192 Å². The fourth-order valence-electron chi connectivity index (χ4n) is 10.6. The Hall–Kier alpha value is -6.59. The molecule has 1 aliphatic rings. The van der Waals surface area contributed by atoms with Crippen molar-refractivity contribution in [2.24, 2.45) is 0 Å². The number of ether oxygens (including phenoxy) is 1. The van der Waals surface area contributed by atoms with Crippen molar-refractivity contribution < 1.29 is 4.74 Å². The third-order valence-corrected chi connectivity index (χ3v) is 14.9. The molecule has 2 heterocycles. The molecule has 1 atom stereocenters. The van der Waals surface area contributed by atoms with E-state index in [1.165, 1.54) is 67.1 Å². The average Bonchev–Trinajstić information content (AvgIpc) is 3.91. The second-order valence-electron chi connectivity index (χ2n) is 25.1. The molecule has 0 saturated heterocycles. The van der Waals surface area contributed by atoms with Crippen molar-refractivity contribution >= 4 is 28.1 Å². The second kappa shape index (κ2) is 19.4. The number of nitrogens with one attached hydrogen (secondary N) is 1. The Morgan fingerprint density at radius 3 is 1.53 bits per heavy atom. The van der Waals surface area contributed by atoms with Gasteiger partial charge in [-0.3, -0.25) is 4.57 Å². The van der Waals surface area contributed by atoms with Crippen LogP contribution < -0.4 is 15.0 Å². The van der Waals surface area contributed by atoms with Crippen LogP contribution in [0.3, 0.4) is 0 Å². The van der Waals surface area contributed by atoms with E-state index in [1.54, 1.807) is 0 Å². The highest BCUT2D eigenvalue weighted by Crippen LogP contribution is 2.52. The predicted molar refractivity (Wildman–Crippen MR) is 312 cm³/mol. The molecule has 5 nitrogen and oxygen atoms in total. The minimum atomic E-state index is -0.203. The smallest absolute Gasteiger partial charge is 0.145 e. The number of aromatic nitrogens is 2. The van der Waals surface area contributed by atoms with Crippen LogP contribution in [-0.4, -0.2) is 9.55 Å². The van der Waals surface area contributed by atoms with Crippen LogP contribution in [0.2, 0.25) is 0 Å². The van der Waals surface area contributed by atoms with Crippen LogP contribution in [0.15, 0.2) is 140 Å². The Balaban J connectivity index is 1.23. The Morgan fingerprint density at radius 2 is 0.959 bits per heavy atom. The molecule has 378 valence electrons. The monoisotopic (exact) mass is 969 g/mol. The van der Waals surface area contributed by atoms with Gasteiger partial charge in [0, 0.05) is 5.56 Å².